The van der Waals surface area contributed by atoms with Crippen molar-refractivity contribution in [2.75, 3.05) is 13.6 Å². The van der Waals surface area contributed by atoms with Crippen molar-refractivity contribution in [1.29, 1.82) is 0 Å². The molecule has 11 heavy (non-hydrogen) atoms. The highest BCUT2D eigenvalue weighted by Crippen LogP contribution is 2.25. The molecular weight excluding hydrogens is 159 g/mol. The normalized spacial score (nSPS) is 25.1. The van der Waals surface area contributed by atoms with Crippen LogP contribution in [0.1, 0.15) is 0 Å². The Kier molecular flexibility index (Phi) is 1.97. The van der Waals surface area contributed by atoms with Gasteiger partial charge in [0.05, 0.1) is 12.8 Å². The first kappa shape index (κ1) is 8.23. The highest BCUT2D eigenvalue weighted by atomic mass is 19.4. The van der Waals surface area contributed by atoms with E-state index in [0.717, 1.165) is 6.26 Å². The fourth-order valence-electron chi connectivity index (χ4n) is 0.780. The van der Waals surface area contributed by atoms with Gasteiger partial charge in [-0.1, -0.05) is 0 Å². The molecule has 1 heterocycles. The molecule has 0 saturated heterocycles. The largest absolute Gasteiger partial charge is 0.485 e. The van der Waals surface area contributed by atoms with Gasteiger partial charge in [0.2, 0.25) is 6.10 Å². The van der Waals surface area contributed by atoms with Gasteiger partial charge in [-0.2, -0.15) is 13.2 Å². The molecule has 0 radical (unpaired) electrons. The van der Waals surface area contributed by atoms with E-state index >= 15 is 0 Å². The molecule has 0 aromatic heterocycles. The molecule has 0 amide bonds. The Bertz CT molecular complexity index is 166. The summed E-state index contributed by atoms with van der Waals surface area (Å²) in [6.45, 7) is -0.139. The second-order valence-corrected chi connectivity index (χ2v) is 2.39. The van der Waals surface area contributed by atoms with Crippen molar-refractivity contribution in [2.24, 2.45) is 0 Å². The molecule has 0 fully saturated rings. The lowest BCUT2D eigenvalue weighted by molar-refractivity contribution is -0.211. The molecule has 0 N–H and O–H groups in total. The Morgan fingerprint density at radius 2 is 2.18 bits per heavy atom. The monoisotopic (exact) mass is 167 g/mol. The molecule has 5 heteroatoms. The molecule has 0 aliphatic carbocycles. The van der Waals surface area contributed by atoms with Gasteiger partial charge < -0.3 is 9.64 Å². The van der Waals surface area contributed by atoms with Crippen molar-refractivity contribution < 1.29 is 17.9 Å². The lowest BCUT2D eigenvalue weighted by Gasteiger charge is -2.27. The van der Waals surface area contributed by atoms with E-state index in [2.05, 4.69) is 4.74 Å². The summed E-state index contributed by atoms with van der Waals surface area (Å²) in [6.07, 6.45) is -3.43. The van der Waals surface area contributed by atoms with Crippen LogP contribution in [0.5, 0.6) is 0 Å². The first-order valence-electron chi connectivity index (χ1n) is 3.09. The van der Waals surface area contributed by atoms with Crippen LogP contribution in [0.2, 0.25) is 0 Å². The average Bonchev–Trinajstić information content (AvgIpc) is 1.86. The zero-order chi connectivity index (χ0) is 8.48. The molecule has 0 aromatic carbocycles. The van der Waals surface area contributed by atoms with Crippen molar-refractivity contribution in [1.82, 2.24) is 4.90 Å². The summed E-state index contributed by atoms with van der Waals surface area (Å²) in [6, 6.07) is 0. The van der Waals surface area contributed by atoms with Crippen molar-refractivity contribution >= 4 is 0 Å². The maximum atomic E-state index is 11.9. The highest BCUT2D eigenvalue weighted by Gasteiger charge is 2.42. The number of nitrogens with zero attached hydrogens (tertiary/aromatic N) is 1. The fraction of sp³-hybridized carbons (Fsp3) is 0.667. The minimum Gasteiger partial charge on any atom is -0.485 e. The van der Waals surface area contributed by atoms with Gasteiger partial charge in [-0.05, 0) is 0 Å². The Balaban J connectivity index is 2.57. The number of likely N-dealkylation sites (N-methyl/N-ethyl adjacent to an activating group) is 1. The smallest absolute Gasteiger partial charge is 0.427 e. The maximum Gasteiger partial charge on any atom is 0.427 e. The fourth-order valence-corrected chi connectivity index (χ4v) is 0.780. The number of hydrogen-bond acceptors (Lipinski definition) is 2. The summed E-state index contributed by atoms with van der Waals surface area (Å²) in [5.74, 6) is 0. The lowest BCUT2D eigenvalue weighted by Crippen LogP contribution is -2.41. The molecule has 1 unspecified atom stereocenters. The Labute approximate surface area is 62.2 Å². The molecule has 0 bridgehead atoms. The topological polar surface area (TPSA) is 12.5 Å². The molecule has 1 atom stereocenters. The molecule has 0 aromatic rings. The predicted octanol–water partition coefficient (Wildman–Crippen LogP) is 1.35. The number of halogens is 3. The second-order valence-electron chi connectivity index (χ2n) is 2.39. The van der Waals surface area contributed by atoms with E-state index in [9.17, 15) is 13.2 Å². The van der Waals surface area contributed by atoms with Crippen LogP contribution in [0, 0.1) is 0 Å². The van der Waals surface area contributed by atoms with E-state index in [-0.39, 0.29) is 6.54 Å². The van der Waals surface area contributed by atoms with Gasteiger partial charge in [0.1, 0.15) is 0 Å². The third kappa shape index (κ3) is 2.03. The van der Waals surface area contributed by atoms with Crippen LogP contribution in [-0.2, 0) is 4.74 Å². The zero-order valence-corrected chi connectivity index (χ0v) is 5.93. The number of hydrogen-bond donors (Lipinski definition) is 0. The maximum absolute atomic E-state index is 11.9. The predicted molar refractivity (Wildman–Crippen MR) is 32.7 cm³/mol. The van der Waals surface area contributed by atoms with E-state index < -0.39 is 12.3 Å². The van der Waals surface area contributed by atoms with Gasteiger partial charge in [-0.15, -0.1) is 0 Å². The summed E-state index contributed by atoms with van der Waals surface area (Å²) in [4.78, 5) is 1.43. The van der Waals surface area contributed by atoms with Crippen LogP contribution in [-0.4, -0.2) is 30.8 Å². The van der Waals surface area contributed by atoms with Crippen molar-refractivity contribution in [3.63, 3.8) is 0 Å². The van der Waals surface area contributed by atoms with Gasteiger partial charge in [0.15, 0.2) is 0 Å². The summed E-state index contributed by atoms with van der Waals surface area (Å²) < 4.78 is 40.2. The first-order valence-corrected chi connectivity index (χ1v) is 3.09. The van der Waals surface area contributed by atoms with Crippen LogP contribution < -0.4 is 0 Å². The van der Waals surface area contributed by atoms with Crippen molar-refractivity contribution in [2.45, 2.75) is 12.3 Å². The van der Waals surface area contributed by atoms with Crippen LogP contribution in [0.3, 0.4) is 0 Å². The van der Waals surface area contributed by atoms with Crippen molar-refractivity contribution in [3.8, 4) is 0 Å². The van der Waals surface area contributed by atoms with Gasteiger partial charge in [-0.25, -0.2) is 0 Å². The van der Waals surface area contributed by atoms with Crippen LogP contribution in [0.25, 0.3) is 0 Å². The highest BCUT2D eigenvalue weighted by molar-refractivity contribution is 4.85. The minimum atomic E-state index is -4.26. The summed E-state index contributed by atoms with van der Waals surface area (Å²) >= 11 is 0. The third-order valence-corrected chi connectivity index (χ3v) is 1.38. The Hall–Kier alpha value is -0.870. The van der Waals surface area contributed by atoms with Gasteiger partial charge in [-0.3, -0.25) is 0 Å². The molecule has 1 aliphatic rings. The van der Waals surface area contributed by atoms with E-state index in [1.807, 2.05) is 0 Å². The number of rotatable bonds is 0. The SMILES string of the molecule is CN1C=COC(C(F)(F)F)C1. The summed E-state index contributed by atoms with van der Waals surface area (Å²) in [5, 5.41) is 0. The zero-order valence-electron chi connectivity index (χ0n) is 5.93. The summed E-state index contributed by atoms with van der Waals surface area (Å²) in [7, 11) is 1.57. The minimum absolute atomic E-state index is 0.139. The Morgan fingerprint density at radius 1 is 1.55 bits per heavy atom. The quantitative estimate of drug-likeness (QED) is 0.540. The lowest BCUT2D eigenvalue weighted by atomic mass is 10.3. The van der Waals surface area contributed by atoms with E-state index in [0.29, 0.717) is 0 Å². The van der Waals surface area contributed by atoms with Gasteiger partial charge in [0, 0.05) is 13.2 Å². The van der Waals surface area contributed by atoms with Crippen LogP contribution in [0.4, 0.5) is 13.2 Å². The number of alkyl halides is 3. The van der Waals surface area contributed by atoms with E-state index in [1.165, 1.54) is 11.1 Å². The standard InChI is InChI=1S/C6H8F3NO/c1-10-2-3-11-5(4-10)6(7,8)9/h2-3,5H,4H2,1H3. The van der Waals surface area contributed by atoms with Gasteiger partial charge in [0.25, 0.3) is 0 Å². The van der Waals surface area contributed by atoms with Crippen LogP contribution >= 0.6 is 0 Å². The molecule has 1 aliphatic heterocycles. The van der Waals surface area contributed by atoms with E-state index in [4.69, 9.17) is 0 Å². The molecule has 1 rings (SSSR count). The molecule has 0 spiro atoms. The molecule has 0 saturated carbocycles. The van der Waals surface area contributed by atoms with Gasteiger partial charge >= 0.3 is 6.18 Å². The first-order chi connectivity index (χ1) is 5.00. The summed E-state index contributed by atoms with van der Waals surface area (Å²) in [5.41, 5.74) is 0. The average molecular weight is 167 g/mol. The molecule has 2 nitrogen and oxygen atoms in total. The third-order valence-electron chi connectivity index (χ3n) is 1.38. The van der Waals surface area contributed by atoms with Crippen molar-refractivity contribution in [3.05, 3.63) is 12.5 Å². The second kappa shape index (κ2) is 2.64. The van der Waals surface area contributed by atoms with E-state index in [1.54, 1.807) is 7.05 Å². The van der Waals surface area contributed by atoms with Crippen LogP contribution in [0.15, 0.2) is 12.5 Å². The molecular formula is C6H8F3NO. The number of ether oxygens (including phenoxy) is 1. The Morgan fingerprint density at radius 3 is 2.55 bits per heavy atom. The molecule has 64 valence electrons.